The first-order valence-electron chi connectivity index (χ1n) is 6.16. The number of anilines is 1. The van der Waals surface area contributed by atoms with Crippen molar-refractivity contribution in [1.82, 2.24) is 0 Å². The Hall–Kier alpha value is -1.48. The minimum atomic E-state index is -0.160. The third-order valence-corrected chi connectivity index (χ3v) is 2.96. The molecule has 0 radical (unpaired) electrons. The van der Waals surface area contributed by atoms with Crippen LogP contribution in [0, 0.1) is 0 Å². The first kappa shape index (κ1) is 14.6. The third kappa shape index (κ3) is 4.41. The van der Waals surface area contributed by atoms with Crippen LogP contribution in [-0.4, -0.2) is 19.3 Å². The molecular formula is C15H23NO2. The molecule has 0 atom stereocenters. The van der Waals surface area contributed by atoms with Gasteiger partial charge < -0.3 is 15.2 Å². The van der Waals surface area contributed by atoms with Gasteiger partial charge in [0.1, 0.15) is 5.75 Å². The van der Waals surface area contributed by atoms with E-state index in [0.29, 0.717) is 6.61 Å². The molecule has 0 aromatic heterocycles. The van der Waals surface area contributed by atoms with E-state index in [1.54, 1.807) is 7.11 Å². The van der Waals surface area contributed by atoms with Crippen molar-refractivity contribution >= 4 is 5.69 Å². The molecule has 100 valence electrons. The van der Waals surface area contributed by atoms with Gasteiger partial charge in [0.05, 0.1) is 12.2 Å². The fourth-order valence-electron chi connectivity index (χ4n) is 1.56. The van der Waals surface area contributed by atoms with Crippen LogP contribution in [0.4, 0.5) is 5.69 Å². The minimum absolute atomic E-state index is 0.160. The van der Waals surface area contributed by atoms with Crippen LogP contribution in [0.25, 0.3) is 0 Å². The first-order valence-corrected chi connectivity index (χ1v) is 6.16. The van der Waals surface area contributed by atoms with Crippen LogP contribution in [0.5, 0.6) is 5.75 Å². The summed E-state index contributed by atoms with van der Waals surface area (Å²) in [5.74, 6) is 0.871. The Morgan fingerprint density at radius 2 is 2.11 bits per heavy atom. The molecule has 0 bridgehead atoms. The zero-order chi connectivity index (χ0) is 13.6. The number of nitrogens with two attached hydrogens (primary N) is 1. The van der Waals surface area contributed by atoms with Gasteiger partial charge in [-0.3, -0.25) is 0 Å². The Labute approximate surface area is 110 Å². The van der Waals surface area contributed by atoms with Crippen LogP contribution in [-0.2, 0) is 11.2 Å². The summed E-state index contributed by atoms with van der Waals surface area (Å²) in [5.41, 5.74) is 7.42. The lowest BCUT2D eigenvalue weighted by atomic mass is 10.1. The first-order chi connectivity index (χ1) is 8.48. The maximum atomic E-state index is 5.80. The van der Waals surface area contributed by atoms with Crippen LogP contribution >= 0.6 is 0 Å². The van der Waals surface area contributed by atoms with Gasteiger partial charge in [0.2, 0.25) is 0 Å². The highest BCUT2D eigenvalue weighted by Gasteiger charge is 2.16. The van der Waals surface area contributed by atoms with E-state index in [-0.39, 0.29) is 5.60 Å². The minimum Gasteiger partial charge on any atom is -0.493 e. The molecule has 0 aliphatic heterocycles. The van der Waals surface area contributed by atoms with E-state index in [0.717, 1.165) is 29.8 Å². The molecule has 0 aliphatic rings. The summed E-state index contributed by atoms with van der Waals surface area (Å²) in [5, 5.41) is 0. The molecule has 0 spiro atoms. The molecule has 1 aromatic rings. The maximum absolute atomic E-state index is 5.80. The maximum Gasteiger partial charge on any atom is 0.122 e. The number of hydrogen-bond acceptors (Lipinski definition) is 3. The topological polar surface area (TPSA) is 44.5 Å². The van der Waals surface area contributed by atoms with E-state index in [4.69, 9.17) is 15.2 Å². The van der Waals surface area contributed by atoms with E-state index in [1.807, 2.05) is 38.1 Å². The van der Waals surface area contributed by atoms with Crippen molar-refractivity contribution < 1.29 is 9.47 Å². The smallest absolute Gasteiger partial charge is 0.122 e. The number of allylic oxidation sites excluding steroid dienone is 1. The molecule has 18 heavy (non-hydrogen) atoms. The number of hydrogen-bond donors (Lipinski definition) is 1. The summed E-state index contributed by atoms with van der Waals surface area (Å²) in [6.45, 7) is 8.45. The fraction of sp³-hybridized carbons (Fsp3) is 0.467. The summed E-state index contributed by atoms with van der Waals surface area (Å²) in [6, 6.07) is 5.69. The van der Waals surface area contributed by atoms with Crippen molar-refractivity contribution in [1.29, 1.82) is 0 Å². The predicted octanol–water partition coefficient (Wildman–Crippen LogP) is 3.19. The van der Waals surface area contributed by atoms with E-state index >= 15 is 0 Å². The van der Waals surface area contributed by atoms with E-state index in [9.17, 15) is 0 Å². The quantitative estimate of drug-likeness (QED) is 0.596. The summed E-state index contributed by atoms with van der Waals surface area (Å²) >= 11 is 0. The lowest BCUT2D eigenvalue weighted by Crippen LogP contribution is -2.25. The fourth-order valence-corrected chi connectivity index (χ4v) is 1.56. The SMILES string of the molecule is C=CCc1cc(N)ccc1OCCC(C)(C)OC. The van der Waals surface area contributed by atoms with Crippen molar-refractivity contribution in [2.75, 3.05) is 19.5 Å². The second-order valence-corrected chi connectivity index (χ2v) is 4.92. The van der Waals surface area contributed by atoms with Crippen molar-refractivity contribution in [3.05, 3.63) is 36.4 Å². The summed E-state index contributed by atoms with van der Waals surface area (Å²) < 4.78 is 11.2. The largest absolute Gasteiger partial charge is 0.493 e. The van der Waals surface area contributed by atoms with E-state index in [1.165, 1.54) is 0 Å². The van der Waals surface area contributed by atoms with Gasteiger partial charge in [0.15, 0.2) is 0 Å². The number of methoxy groups -OCH3 is 1. The van der Waals surface area contributed by atoms with Crippen molar-refractivity contribution in [3.8, 4) is 5.75 Å². The van der Waals surface area contributed by atoms with Gasteiger partial charge in [-0.05, 0) is 44.0 Å². The summed E-state index contributed by atoms with van der Waals surface area (Å²) in [6.07, 6.45) is 3.44. The zero-order valence-corrected chi connectivity index (χ0v) is 11.5. The van der Waals surface area contributed by atoms with Crippen LogP contribution in [0.2, 0.25) is 0 Å². The van der Waals surface area contributed by atoms with E-state index in [2.05, 4.69) is 6.58 Å². The van der Waals surface area contributed by atoms with Gasteiger partial charge in [-0.1, -0.05) is 6.08 Å². The monoisotopic (exact) mass is 249 g/mol. The summed E-state index contributed by atoms with van der Waals surface area (Å²) in [7, 11) is 1.71. The second-order valence-electron chi connectivity index (χ2n) is 4.92. The molecule has 0 heterocycles. The average molecular weight is 249 g/mol. The molecule has 0 amide bonds. The molecule has 1 aromatic carbocycles. The molecule has 0 unspecified atom stereocenters. The van der Waals surface area contributed by atoms with Gasteiger partial charge in [-0.2, -0.15) is 0 Å². The molecule has 3 heteroatoms. The Kier molecular flexibility index (Phi) is 5.23. The van der Waals surface area contributed by atoms with Gasteiger partial charge in [0.25, 0.3) is 0 Å². The third-order valence-electron chi connectivity index (χ3n) is 2.96. The molecule has 0 saturated heterocycles. The lowest BCUT2D eigenvalue weighted by molar-refractivity contribution is 0.00539. The Bertz CT molecular complexity index is 399. The molecule has 0 fully saturated rings. The van der Waals surface area contributed by atoms with Gasteiger partial charge in [-0.25, -0.2) is 0 Å². The van der Waals surface area contributed by atoms with Crippen LogP contribution in [0.1, 0.15) is 25.8 Å². The van der Waals surface area contributed by atoms with Crippen molar-refractivity contribution in [2.24, 2.45) is 0 Å². The molecule has 0 saturated carbocycles. The highest BCUT2D eigenvalue weighted by molar-refractivity contribution is 5.48. The average Bonchev–Trinajstić information content (AvgIpc) is 2.32. The molecule has 1 rings (SSSR count). The Morgan fingerprint density at radius 1 is 1.39 bits per heavy atom. The highest BCUT2D eigenvalue weighted by atomic mass is 16.5. The number of ether oxygens (including phenoxy) is 2. The number of nitrogen functional groups attached to an aromatic ring is 1. The molecule has 2 N–H and O–H groups in total. The van der Waals surface area contributed by atoms with Gasteiger partial charge >= 0.3 is 0 Å². The van der Waals surface area contributed by atoms with Crippen LogP contribution < -0.4 is 10.5 Å². The second kappa shape index (κ2) is 6.45. The molecular weight excluding hydrogens is 226 g/mol. The summed E-state index contributed by atoms with van der Waals surface area (Å²) in [4.78, 5) is 0. The molecule has 0 aliphatic carbocycles. The standard InChI is InChI=1S/C15H23NO2/c1-5-6-12-11-13(16)7-8-14(12)18-10-9-15(2,3)17-4/h5,7-8,11H,1,6,9-10,16H2,2-4H3. The van der Waals surface area contributed by atoms with Crippen LogP contribution in [0.15, 0.2) is 30.9 Å². The van der Waals surface area contributed by atoms with E-state index < -0.39 is 0 Å². The number of benzene rings is 1. The van der Waals surface area contributed by atoms with Gasteiger partial charge in [-0.15, -0.1) is 6.58 Å². The lowest BCUT2D eigenvalue weighted by Gasteiger charge is -2.23. The highest BCUT2D eigenvalue weighted by Crippen LogP contribution is 2.23. The normalized spacial score (nSPS) is 11.3. The predicted molar refractivity (Wildman–Crippen MR) is 76.0 cm³/mol. The Morgan fingerprint density at radius 3 is 2.72 bits per heavy atom. The van der Waals surface area contributed by atoms with Crippen molar-refractivity contribution in [2.45, 2.75) is 32.3 Å². The number of rotatable bonds is 7. The van der Waals surface area contributed by atoms with Gasteiger partial charge in [0, 0.05) is 19.2 Å². The molecule has 3 nitrogen and oxygen atoms in total. The zero-order valence-electron chi connectivity index (χ0n) is 11.5. The van der Waals surface area contributed by atoms with Crippen molar-refractivity contribution in [3.63, 3.8) is 0 Å². The van der Waals surface area contributed by atoms with Crippen LogP contribution in [0.3, 0.4) is 0 Å². The Balaban J connectivity index is 2.64.